The van der Waals surface area contributed by atoms with Crippen LogP contribution in [-0.4, -0.2) is 23.9 Å². The maximum atomic E-state index is 10.1. The molecule has 1 aliphatic heterocycles. The molecule has 1 N–H and O–H groups in total. The molecule has 1 aliphatic carbocycles. The van der Waals surface area contributed by atoms with E-state index in [0.29, 0.717) is 6.10 Å². The van der Waals surface area contributed by atoms with E-state index in [1.165, 1.54) is 51.4 Å². The van der Waals surface area contributed by atoms with E-state index in [-0.39, 0.29) is 6.10 Å². The van der Waals surface area contributed by atoms with Gasteiger partial charge in [0.25, 0.3) is 0 Å². The average Bonchev–Trinajstić information content (AvgIpc) is 2.74. The van der Waals surface area contributed by atoms with Crippen LogP contribution in [0.2, 0.25) is 0 Å². The van der Waals surface area contributed by atoms with Crippen molar-refractivity contribution in [3.63, 3.8) is 0 Å². The molecule has 0 aromatic carbocycles. The Labute approximate surface area is 112 Å². The first kappa shape index (κ1) is 14.3. The van der Waals surface area contributed by atoms with Gasteiger partial charge in [-0.2, -0.15) is 0 Å². The molecule has 0 aromatic rings. The van der Waals surface area contributed by atoms with Crippen LogP contribution in [0.5, 0.6) is 0 Å². The van der Waals surface area contributed by atoms with Gasteiger partial charge in [0.05, 0.1) is 12.2 Å². The van der Waals surface area contributed by atoms with Gasteiger partial charge in [0.2, 0.25) is 0 Å². The van der Waals surface area contributed by atoms with E-state index in [1.54, 1.807) is 0 Å². The maximum absolute atomic E-state index is 10.1. The molecule has 2 atom stereocenters. The van der Waals surface area contributed by atoms with Gasteiger partial charge in [-0.25, -0.2) is 0 Å². The molecule has 1 saturated carbocycles. The molecule has 0 amide bonds. The summed E-state index contributed by atoms with van der Waals surface area (Å²) in [7, 11) is 0. The molecule has 2 aliphatic rings. The summed E-state index contributed by atoms with van der Waals surface area (Å²) < 4.78 is 5.62. The number of hydrogen-bond acceptors (Lipinski definition) is 2. The SMILES string of the molecule is OC(CCCC1CCCO1)CC1CCCCCC1. The highest BCUT2D eigenvalue weighted by Gasteiger charge is 2.18. The van der Waals surface area contributed by atoms with Crippen molar-refractivity contribution in [3.05, 3.63) is 0 Å². The van der Waals surface area contributed by atoms with Crippen molar-refractivity contribution >= 4 is 0 Å². The fourth-order valence-corrected chi connectivity index (χ4v) is 3.56. The zero-order chi connectivity index (χ0) is 12.6. The normalized spacial score (nSPS) is 28.2. The van der Waals surface area contributed by atoms with Crippen LogP contribution >= 0.6 is 0 Å². The van der Waals surface area contributed by atoms with Gasteiger partial charge in [-0.05, 0) is 44.4 Å². The predicted molar refractivity (Wildman–Crippen MR) is 74.6 cm³/mol. The Kier molecular flexibility index (Phi) is 6.50. The number of aliphatic hydroxyl groups excluding tert-OH is 1. The summed E-state index contributed by atoms with van der Waals surface area (Å²) in [6, 6.07) is 0. The van der Waals surface area contributed by atoms with Crippen molar-refractivity contribution in [1.29, 1.82) is 0 Å². The minimum Gasteiger partial charge on any atom is -0.393 e. The molecule has 18 heavy (non-hydrogen) atoms. The zero-order valence-corrected chi connectivity index (χ0v) is 11.8. The highest BCUT2D eigenvalue weighted by Crippen LogP contribution is 2.27. The summed E-state index contributed by atoms with van der Waals surface area (Å²) >= 11 is 0. The molecule has 2 nitrogen and oxygen atoms in total. The lowest BCUT2D eigenvalue weighted by molar-refractivity contribution is 0.0889. The van der Waals surface area contributed by atoms with E-state index in [9.17, 15) is 5.11 Å². The Morgan fingerprint density at radius 3 is 2.44 bits per heavy atom. The van der Waals surface area contributed by atoms with Crippen LogP contribution in [0.25, 0.3) is 0 Å². The molecule has 2 unspecified atom stereocenters. The standard InChI is InChI=1S/C16H30O2/c17-15(9-5-10-16-11-6-12-18-16)13-14-7-3-1-2-4-8-14/h14-17H,1-13H2. The third-order valence-electron chi connectivity index (χ3n) is 4.67. The van der Waals surface area contributed by atoms with Crippen molar-refractivity contribution in [2.45, 2.75) is 89.3 Å². The van der Waals surface area contributed by atoms with Crippen LogP contribution < -0.4 is 0 Å². The van der Waals surface area contributed by atoms with E-state index in [0.717, 1.165) is 38.2 Å². The van der Waals surface area contributed by atoms with Crippen LogP contribution in [0.4, 0.5) is 0 Å². The largest absolute Gasteiger partial charge is 0.393 e. The molecule has 2 heteroatoms. The zero-order valence-electron chi connectivity index (χ0n) is 11.8. The number of ether oxygens (including phenoxy) is 1. The van der Waals surface area contributed by atoms with Gasteiger partial charge in [-0.3, -0.25) is 0 Å². The number of rotatable bonds is 6. The highest BCUT2D eigenvalue weighted by atomic mass is 16.5. The highest BCUT2D eigenvalue weighted by molar-refractivity contribution is 4.70. The molecule has 0 aromatic heterocycles. The van der Waals surface area contributed by atoms with Gasteiger partial charge >= 0.3 is 0 Å². The molecule has 1 saturated heterocycles. The first-order valence-corrected chi connectivity index (χ1v) is 8.14. The summed E-state index contributed by atoms with van der Waals surface area (Å²) in [6.07, 6.45) is 15.5. The van der Waals surface area contributed by atoms with Crippen LogP contribution in [0.3, 0.4) is 0 Å². The van der Waals surface area contributed by atoms with Gasteiger partial charge in [0, 0.05) is 6.61 Å². The smallest absolute Gasteiger partial charge is 0.0576 e. The Hall–Kier alpha value is -0.0800. The van der Waals surface area contributed by atoms with Crippen molar-refractivity contribution in [1.82, 2.24) is 0 Å². The summed E-state index contributed by atoms with van der Waals surface area (Å²) in [5, 5.41) is 10.1. The number of hydrogen-bond donors (Lipinski definition) is 1. The van der Waals surface area contributed by atoms with Crippen LogP contribution in [0.1, 0.15) is 77.0 Å². The van der Waals surface area contributed by atoms with Crippen molar-refractivity contribution in [3.8, 4) is 0 Å². The minimum atomic E-state index is -0.0606. The molecular formula is C16H30O2. The van der Waals surface area contributed by atoms with Gasteiger partial charge in [0.1, 0.15) is 0 Å². The lowest BCUT2D eigenvalue weighted by Gasteiger charge is -2.19. The molecule has 2 rings (SSSR count). The van der Waals surface area contributed by atoms with E-state index in [4.69, 9.17) is 4.74 Å². The van der Waals surface area contributed by atoms with Gasteiger partial charge in [-0.15, -0.1) is 0 Å². The summed E-state index contributed by atoms with van der Waals surface area (Å²) in [4.78, 5) is 0. The second kappa shape index (κ2) is 8.16. The second-order valence-electron chi connectivity index (χ2n) is 6.31. The predicted octanol–water partition coefficient (Wildman–Crippen LogP) is 4.06. The fraction of sp³-hybridized carbons (Fsp3) is 1.00. The Bertz CT molecular complexity index is 203. The molecule has 0 spiro atoms. The molecule has 1 heterocycles. The Balaban J connectivity index is 1.54. The fourth-order valence-electron chi connectivity index (χ4n) is 3.56. The molecule has 106 valence electrons. The molecule has 0 radical (unpaired) electrons. The van der Waals surface area contributed by atoms with E-state index in [1.807, 2.05) is 0 Å². The van der Waals surface area contributed by atoms with Gasteiger partial charge in [-0.1, -0.05) is 38.5 Å². The van der Waals surface area contributed by atoms with Crippen molar-refractivity contribution in [2.75, 3.05) is 6.61 Å². The second-order valence-corrected chi connectivity index (χ2v) is 6.31. The van der Waals surface area contributed by atoms with Gasteiger partial charge < -0.3 is 9.84 Å². The van der Waals surface area contributed by atoms with Gasteiger partial charge in [0.15, 0.2) is 0 Å². The van der Waals surface area contributed by atoms with E-state index >= 15 is 0 Å². The number of aliphatic hydroxyl groups is 1. The first-order valence-electron chi connectivity index (χ1n) is 8.14. The lowest BCUT2D eigenvalue weighted by atomic mass is 9.91. The van der Waals surface area contributed by atoms with E-state index in [2.05, 4.69) is 0 Å². The minimum absolute atomic E-state index is 0.0606. The summed E-state index contributed by atoms with van der Waals surface area (Å²) in [5.74, 6) is 0.797. The Morgan fingerprint density at radius 2 is 1.78 bits per heavy atom. The van der Waals surface area contributed by atoms with Crippen molar-refractivity contribution in [2.24, 2.45) is 5.92 Å². The maximum Gasteiger partial charge on any atom is 0.0576 e. The topological polar surface area (TPSA) is 29.5 Å². The summed E-state index contributed by atoms with van der Waals surface area (Å²) in [6.45, 7) is 0.954. The quantitative estimate of drug-likeness (QED) is 0.724. The van der Waals surface area contributed by atoms with Crippen LogP contribution in [0.15, 0.2) is 0 Å². The molecule has 2 fully saturated rings. The Morgan fingerprint density at radius 1 is 1.00 bits per heavy atom. The van der Waals surface area contributed by atoms with E-state index < -0.39 is 0 Å². The van der Waals surface area contributed by atoms with Crippen LogP contribution in [-0.2, 0) is 4.74 Å². The first-order chi connectivity index (χ1) is 8.84. The summed E-state index contributed by atoms with van der Waals surface area (Å²) in [5.41, 5.74) is 0. The third-order valence-corrected chi connectivity index (χ3v) is 4.67. The van der Waals surface area contributed by atoms with Crippen LogP contribution in [0, 0.1) is 5.92 Å². The van der Waals surface area contributed by atoms with Crippen molar-refractivity contribution < 1.29 is 9.84 Å². The lowest BCUT2D eigenvalue weighted by Crippen LogP contribution is -2.14. The molecular weight excluding hydrogens is 224 g/mol. The monoisotopic (exact) mass is 254 g/mol. The average molecular weight is 254 g/mol. The third kappa shape index (κ3) is 5.27. The molecule has 0 bridgehead atoms.